The Morgan fingerprint density at radius 2 is 1.26 bits per heavy atom. The largest absolute Gasteiger partial charge is 0.392 e. The molecule has 0 heterocycles. The first-order valence-corrected chi connectivity index (χ1v) is 9.91. The third kappa shape index (κ3) is 5.15. The third-order valence-electron chi connectivity index (χ3n) is 4.06. The molecule has 1 saturated carbocycles. The maximum absolute atomic E-state index is 9.95. The smallest absolute Gasteiger partial charge is 0.138 e. The Bertz CT molecular complexity index is 570. The molecule has 0 saturated heterocycles. The van der Waals surface area contributed by atoms with Gasteiger partial charge in [0.2, 0.25) is 0 Å². The molecule has 1 fully saturated rings. The maximum Gasteiger partial charge on any atom is 0.138 e. The van der Waals surface area contributed by atoms with Crippen LogP contribution in [0.4, 0.5) is 0 Å². The molecule has 3 heteroatoms. The number of ketones is 1. The zero-order valence-electron chi connectivity index (χ0n) is 14.2. The highest BCUT2D eigenvalue weighted by Crippen LogP contribution is 2.26. The predicted molar refractivity (Wildman–Crippen MR) is 99.3 cm³/mol. The van der Waals surface area contributed by atoms with Crippen LogP contribution >= 0.6 is 0 Å². The van der Waals surface area contributed by atoms with Crippen molar-refractivity contribution in [1.82, 2.24) is 0 Å². The Morgan fingerprint density at radius 3 is 1.48 bits per heavy atom. The van der Waals surface area contributed by atoms with Crippen LogP contribution < -0.4 is 10.4 Å². The molecule has 3 rings (SSSR count). The lowest BCUT2D eigenvalue weighted by Crippen LogP contribution is -2.48. The zero-order valence-corrected chi connectivity index (χ0v) is 15.4. The van der Waals surface area contributed by atoms with Gasteiger partial charge in [-0.05, 0) is 5.04 Å². The molecule has 0 unspecified atom stereocenters. The van der Waals surface area contributed by atoms with Crippen molar-refractivity contribution in [2.75, 3.05) is 0 Å². The van der Waals surface area contributed by atoms with Crippen LogP contribution in [-0.4, -0.2) is 25.8 Å². The molecule has 0 amide bonds. The minimum Gasteiger partial charge on any atom is -0.392 e. The summed E-state index contributed by atoms with van der Waals surface area (Å²) >= 11 is 0. The van der Waals surface area contributed by atoms with E-state index in [0.29, 0.717) is 17.9 Å². The fourth-order valence-corrected chi connectivity index (χ4v) is 6.55. The van der Waals surface area contributed by atoms with Crippen LogP contribution in [0.2, 0.25) is 5.04 Å². The van der Waals surface area contributed by atoms with E-state index in [1.54, 1.807) is 0 Å². The van der Waals surface area contributed by atoms with Crippen LogP contribution in [-0.2, 0) is 4.79 Å². The summed E-state index contributed by atoms with van der Waals surface area (Å²) in [6, 6.07) is 22.0. The molecule has 2 aromatic rings. The molecular formula is C20H26O2Si. The van der Waals surface area contributed by atoms with Crippen molar-refractivity contribution < 1.29 is 9.90 Å². The van der Waals surface area contributed by atoms with Crippen molar-refractivity contribution in [3.63, 3.8) is 0 Å². The van der Waals surface area contributed by atoms with Gasteiger partial charge >= 0.3 is 0 Å². The number of aliphatic hydroxyl groups is 1. The lowest BCUT2D eigenvalue weighted by atomic mass is 9.95. The average Bonchev–Trinajstić information content (AvgIpc) is 2.48. The van der Waals surface area contributed by atoms with Gasteiger partial charge in [-0.15, -0.1) is 0 Å². The van der Waals surface area contributed by atoms with Gasteiger partial charge in [-0.25, -0.2) is 0 Å². The molecule has 2 aromatic carbocycles. The molecule has 1 aliphatic rings. The van der Waals surface area contributed by atoms with E-state index in [2.05, 4.69) is 81.4 Å². The normalized spacial score (nSPS) is 14.9. The summed E-state index contributed by atoms with van der Waals surface area (Å²) in [5, 5.41) is 11.8. The fourth-order valence-electron chi connectivity index (χ4n) is 2.95. The van der Waals surface area contributed by atoms with Gasteiger partial charge in [0, 0.05) is 12.8 Å². The number of carbonyl (C=O) groups is 1. The molecule has 0 spiro atoms. The summed E-state index contributed by atoms with van der Waals surface area (Å²) in [7, 11) is -1.14. The van der Waals surface area contributed by atoms with E-state index < -0.39 is 8.80 Å². The fraction of sp³-hybridized carbons (Fsp3) is 0.350. The highest BCUT2D eigenvalue weighted by molar-refractivity contribution is 6.87. The van der Waals surface area contributed by atoms with Crippen molar-refractivity contribution >= 4 is 25.0 Å². The number of hydrogen-bond donors (Lipinski definition) is 1. The molecule has 2 nitrogen and oxygen atoms in total. The molecule has 0 aromatic heterocycles. The van der Waals surface area contributed by atoms with Crippen LogP contribution in [0.25, 0.3) is 0 Å². The van der Waals surface area contributed by atoms with Gasteiger partial charge in [0.25, 0.3) is 0 Å². The summed E-state index contributed by atoms with van der Waals surface area (Å²) in [4.78, 5) is 9.95. The average molecular weight is 327 g/mol. The quantitative estimate of drug-likeness (QED) is 0.861. The van der Waals surface area contributed by atoms with E-state index in [4.69, 9.17) is 5.11 Å². The van der Waals surface area contributed by atoms with Crippen LogP contribution in [0.5, 0.6) is 0 Å². The molecule has 0 bridgehead atoms. The first-order valence-electron chi connectivity index (χ1n) is 8.17. The van der Waals surface area contributed by atoms with Gasteiger partial charge in [0.1, 0.15) is 14.6 Å². The maximum atomic E-state index is 9.95. The second-order valence-electron chi connectivity index (χ2n) is 7.22. The van der Waals surface area contributed by atoms with Crippen LogP contribution in [0.15, 0.2) is 60.7 Å². The standard InChI is InChI=1S/C16H20Si.C4H6O2/c1-16(2,3)17(14-10-6-4-7-11-14)15-12-8-5-9-13-15;5-3-1-4(6)2-3/h4-13,17H,1-3H3;3,5H,1-2H2. The van der Waals surface area contributed by atoms with Gasteiger partial charge in [-0.1, -0.05) is 91.8 Å². The van der Waals surface area contributed by atoms with E-state index in [1.165, 1.54) is 10.4 Å². The van der Waals surface area contributed by atoms with Crippen molar-refractivity contribution in [3.8, 4) is 0 Å². The first-order chi connectivity index (χ1) is 10.9. The SMILES string of the molecule is CC(C)(C)[SiH](c1ccccc1)c1ccccc1.O=C1CC(O)C1. The number of carbonyl (C=O) groups excluding carboxylic acids is 1. The summed E-state index contributed by atoms with van der Waals surface area (Å²) in [5.74, 6) is 0.183. The minimum atomic E-state index is -1.14. The lowest BCUT2D eigenvalue weighted by molar-refractivity contribution is -0.130. The summed E-state index contributed by atoms with van der Waals surface area (Å²) in [6.45, 7) is 7.09. The van der Waals surface area contributed by atoms with Gasteiger partial charge in [-0.3, -0.25) is 4.79 Å². The summed E-state index contributed by atoms with van der Waals surface area (Å²) < 4.78 is 0. The molecule has 0 radical (unpaired) electrons. The Morgan fingerprint density at radius 1 is 0.870 bits per heavy atom. The molecule has 1 N–H and O–H groups in total. The van der Waals surface area contributed by atoms with Gasteiger partial charge < -0.3 is 5.11 Å². The lowest BCUT2D eigenvalue weighted by Gasteiger charge is -2.30. The van der Waals surface area contributed by atoms with E-state index in [9.17, 15) is 4.79 Å². The van der Waals surface area contributed by atoms with E-state index in [0.717, 1.165) is 0 Å². The molecule has 122 valence electrons. The van der Waals surface area contributed by atoms with Gasteiger partial charge in [0.05, 0.1) is 6.10 Å². The molecule has 0 aliphatic heterocycles. The number of benzene rings is 2. The van der Waals surface area contributed by atoms with Crippen LogP contribution in [0.1, 0.15) is 33.6 Å². The molecule has 23 heavy (non-hydrogen) atoms. The predicted octanol–water partition coefficient (Wildman–Crippen LogP) is 2.54. The van der Waals surface area contributed by atoms with Gasteiger partial charge in [-0.2, -0.15) is 0 Å². The van der Waals surface area contributed by atoms with Crippen molar-refractivity contribution in [2.45, 2.75) is 44.8 Å². The minimum absolute atomic E-state index is 0.183. The summed E-state index contributed by atoms with van der Waals surface area (Å²) in [5.41, 5.74) is 0. The number of hydrogen-bond acceptors (Lipinski definition) is 2. The number of Topliss-reactive ketones (excluding diaryl/α,β-unsaturated/α-hetero) is 1. The Balaban J connectivity index is 0.000000268. The second-order valence-corrected chi connectivity index (χ2v) is 11.2. The molecular weight excluding hydrogens is 300 g/mol. The Labute approximate surface area is 140 Å². The zero-order chi connectivity index (χ0) is 16.9. The van der Waals surface area contributed by atoms with Crippen molar-refractivity contribution in [3.05, 3.63) is 60.7 Å². The van der Waals surface area contributed by atoms with Crippen molar-refractivity contribution in [2.24, 2.45) is 0 Å². The molecule has 0 atom stereocenters. The van der Waals surface area contributed by atoms with Crippen molar-refractivity contribution in [1.29, 1.82) is 0 Å². The second kappa shape index (κ2) is 7.71. The topological polar surface area (TPSA) is 37.3 Å². The highest BCUT2D eigenvalue weighted by atomic mass is 28.3. The van der Waals surface area contributed by atoms with E-state index in [1.807, 2.05) is 0 Å². The number of rotatable bonds is 2. The Hall–Kier alpha value is -1.71. The van der Waals surface area contributed by atoms with E-state index in [-0.39, 0.29) is 11.9 Å². The Kier molecular flexibility index (Phi) is 5.91. The van der Waals surface area contributed by atoms with Crippen LogP contribution in [0.3, 0.4) is 0 Å². The van der Waals surface area contributed by atoms with Gasteiger partial charge in [0.15, 0.2) is 0 Å². The monoisotopic (exact) mass is 326 g/mol. The number of aliphatic hydroxyl groups excluding tert-OH is 1. The summed E-state index contributed by atoms with van der Waals surface area (Å²) in [6.07, 6.45) is 0.470. The third-order valence-corrected chi connectivity index (χ3v) is 7.89. The molecule has 1 aliphatic carbocycles. The van der Waals surface area contributed by atoms with Crippen LogP contribution in [0, 0.1) is 0 Å². The first kappa shape index (κ1) is 17.6. The van der Waals surface area contributed by atoms with E-state index >= 15 is 0 Å². The highest BCUT2D eigenvalue weighted by Gasteiger charge is 2.29.